The zero-order chi connectivity index (χ0) is 9.26. The zero-order valence-corrected chi connectivity index (χ0v) is 8.03. The largest absolute Gasteiger partial charge is 0.396 e. The van der Waals surface area contributed by atoms with E-state index in [9.17, 15) is 0 Å². The minimum absolute atomic E-state index is 0.318. The van der Waals surface area contributed by atoms with E-state index in [0.717, 1.165) is 12.8 Å². The van der Waals surface area contributed by atoms with E-state index in [2.05, 4.69) is 31.2 Å². The van der Waals surface area contributed by atoms with Crippen molar-refractivity contribution in [2.75, 3.05) is 6.61 Å². The Morgan fingerprint density at radius 2 is 1.85 bits per heavy atom. The van der Waals surface area contributed by atoms with E-state index in [1.165, 1.54) is 11.1 Å². The molecule has 1 atom stereocenters. The summed E-state index contributed by atoms with van der Waals surface area (Å²) in [7, 11) is 0. The van der Waals surface area contributed by atoms with Crippen molar-refractivity contribution in [2.24, 2.45) is 11.8 Å². The Kier molecular flexibility index (Phi) is 2.36. The SMILES string of the molecule is CC(CO)C1Cc2ccccc2C1. The topological polar surface area (TPSA) is 20.2 Å². The van der Waals surface area contributed by atoms with Crippen LogP contribution in [0.15, 0.2) is 24.3 Å². The van der Waals surface area contributed by atoms with Gasteiger partial charge < -0.3 is 5.11 Å². The summed E-state index contributed by atoms with van der Waals surface area (Å²) in [5.74, 6) is 1.09. The maximum Gasteiger partial charge on any atom is 0.0459 e. The lowest BCUT2D eigenvalue weighted by Crippen LogP contribution is -2.15. The van der Waals surface area contributed by atoms with E-state index in [-0.39, 0.29) is 0 Å². The van der Waals surface area contributed by atoms with E-state index >= 15 is 0 Å². The fourth-order valence-corrected chi connectivity index (χ4v) is 2.14. The third-order valence-electron chi connectivity index (χ3n) is 3.18. The molecule has 0 amide bonds. The number of hydrogen-bond donors (Lipinski definition) is 1. The summed E-state index contributed by atoms with van der Waals surface area (Å²) < 4.78 is 0. The van der Waals surface area contributed by atoms with E-state index in [1.54, 1.807) is 0 Å². The highest BCUT2D eigenvalue weighted by molar-refractivity contribution is 5.32. The lowest BCUT2D eigenvalue weighted by Gasteiger charge is -2.15. The van der Waals surface area contributed by atoms with Crippen LogP contribution in [0.3, 0.4) is 0 Å². The normalized spacial score (nSPS) is 18.6. The van der Waals surface area contributed by atoms with Crippen molar-refractivity contribution in [3.05, 3.63) is 35.4 Å². The number of aliphatic hydroxyl groups is 1. The van der Waals surface area contributed by atoms with Crippen molar-refractivity contribution in [1.82, 2.24) is 0 Å². The molecule has 70 valence electrons. The Balaban J connectivity index is 2.14. The second kappa shape index (κ2) is 3.51. The number of aliphatic hydroxyl groups excluding tert-OH is 1. The van der Waals surface area contributed by atoms with Gasteiger partial charge in [0, 0.05) is 6.61 Å². The summed E-state index contributed by atoms with van der Waals surface area (Å²) in [6, 6.07) is 8.62. The van der Waals surface area contributed by atoms with Gasteiger partial charge in [0.25, 0.3) is 0 Å². The van der Waals surface area contributed by atoms with Crippen LogP contribution in [0.1, 0.15) is 18.1 Å². The highest BCUT2D eigenvalue weighted by atomic mass is 16.3. The van der Waals surface area contributed by atoms with Crippen LogP contribution in [-0.2, 0) is 12.8 Å². The highest BCUT2D eigenvalue weighted by Gasteiger charge is 2.24. The Labute approximate surface area is 79.4 Å². The molecule has 13 heavy (non-hydrogen) atoms. The molecule has 0 radical (unpaired) electrons. The van der Waals surface area contributed by atoms with Gasteiger partial charge in [-0.3, -0.25) is 0 Å². The lowest BCUT2D eigenvalue weighted by atomic mass is 9.92. The lowest BCUT2D eigenvalue weighted by molar-refractivity contribution is 0.192. The third kappa shape index (κ3) is 1.61. The molecule has 1 aliphatic carbocycles. The quantitative estimate of drug-likeness (QED) is 0.731. The van der Waals surface area contributed by atoms with Crippen LogP contribution in [0.2, 0.25) is 0 Å². The van der Waals surface area contributed by atoms with Crippen molar-refractivity contribution in [2.45, 2.75) is 19.8 Å². The van der Waals surface area contributed by atoms with Gasteiger partial charge in [-0.1, -0.05) is 31.2 Å². The van der Waals surface area contributed by atoms with Crippen LogP contribution in [0, 0.1) is 11.8 Å². The zero-order valence-electron chi connectivity index (χ0n) is 8.03. The molecule has 0 bridgehead atoms. The summed E-state index contributed by atoms with van der Waals surface area (Å²) in [5, 5.41) is 9.07. The minimum atomic E-state index is 0.318. The fourth-order valence-electron chi connectivity index (χ4n) is 2.14. The Bertz CT molecular complexity index is 268. The molecule has 1 nitrogen and oxygen atoms in total. The molecule has 0 saturated carbocycles. The molecule has 0 saturated heterocycles. The van der Waals surface area contributed by atoms with Crippen molar-refractivity contribution in [3.63, 3.8) is 0 Å². The predicted octanol–water partition coefficient (Wildman–Crippen LogP) is 2.03. The molecule has 1 N–H and O–H groups in total. The maximum absolute atomic E-state index is 9.07. The number of benzene rings is 1. The highest BCUT2D eigenvalue weighted by Crippen LogP contribution is 2.30. The van der Waals surface area contributed by atoms with Gasteiger partial charge in [0.15, 0.2) is 0 Å². The van der Waals surface area contributed by atoms with Crippen LogP contribution in [0.25, 0.3) is 0 Å². The summed E-state index contributed by atoms with van der Waals surface area (Å²) in [4.78, 5) is 0. The molecule has 1 heteroatoms. The Morgan fingerprint density at radius 3 is 2.31 bits per heavy atom. The van der Waals surface area contributed by atoms with E-state index in [0.29, 0.717) is 18.4 Å². The Hall–Kier alpha value is -0.820. The van der Waals surface area contributed by atoms with Gasteiger partial charge in [-0.25, -0.2) is 0 Å². The summed E-state index contributed by atoms with van der Waals surface area (Å²) in [5.41, 5.74) is 2.96. The number of fused-ring (bicyclic) bond motifs is 1. The molecule has 1 aromatic carbocycles. The van der Waals surface area contributed by atoms with Crippen LogP contribution in [0.4, 0.5) is 0 Å². The fraction of sp³-hybridized carbons (Fsp3) is 0.500. The molecule has 0 aromatic heterocycles. The molecule has 0 spiro atoms. The van der Waals surface area contributed by atoms with Crippen LogP contribution < -0.4 is 0 Å². The summed E-state index contributed by atoms with van der Waals surface area (Å²) >= 11 is 0. The first-order valence-corrected chi connectivity index (χ1v) is 4.99. The van der Waals surface area contributed by atoms with Crippen LogP contribution >= 0.6 is 0 Å². The third-order valence-corrected chi connectivity index (χ3v) is 3.18. The first kappa shape index (κ1) is 8.76. The number of hydrogen-bond acceptors (Lipinski definition) is 1. The monoisotopic (exact) mass is 176 g/mol. The Morgan fingerprint density at radius 1 is 1.31 bits per heavy atom. The molecular formula is C12H16O. The van der Waals surface area contributed by atoms with Crippen molar-refractivity contribution < 1.29 is 5.11 Å². The van der Waals surface area contributed by atoms with Crippen molar-refractivity contribution >= 4 is 0 Å². The molecule has 1 unspecified atom stereocenters. The summed E-state index contributed by atoms with van der Waals surface area (Å²) in [6.07, 6.45) is 2.30. The molecule has 0 fully saturated rings. The van der Waals surface area contributed by atoms with Crippen molar-refractivity contribution in [3.8, 4) is 0 Å². The average Bonchev–Trinajstić information content (AvgIpc) is 2.59. The number of rotatable bonds is 2. The predicted molar refractivity (Wildman–Crippen MR) is 53.6 cm³/mol. The van der Waals surface area contributed by atoms with Crippen molar-refractivity contribution in [1.29, 1.82) is 0 Å². The molecule has 0 aliphatic heterocycles. The molecule has 2 rings (SSSR count). The van der Waals surface area contributed by atoms with Gasteiger partial charge in [-0.2, -0.15) is 0 Å². The first-order valence-electron chi connectivity index (χ1n) is 4.99. The minimum Gasteiger partial charge on any atom is -0.396 e. The molecule has 1 aliphatic rings. The van der Waals surface area contributed by atoms with Crippen LogP contribution in [-0.4, -0.2) is 11.7 Å². The van der Waals surface area contributed by atoms with E-state index in [1.807, 2.05) is 0 Å². The molecule has 1 aromatic rings. The van der Waals surface area contributed by atoms with E-state index < -0.39 is 0 Å². The van der Waals surface area contributed by atoms with Crippen LogP contribution in [0.5, 0.6) is 0 Å². The summed E-state index contributed by atoms with van der Waals surface area (Å²) in [6.45, 7) is 2.45. The van der Waals surface area contributed by atoms with Gasteiger partial charge in [0.1, 0.15) is 0 Å². The van der Waals surface area contributed by atoms with Gasteiger partial charge in [0.05, 0.1) is 0 Å². The van der Waals surface area contributed by atoms with Gasteiger partial charge >= 0.3 is 0 Å². The van der Waals surface area contributed by atoms with Gasteiger partial charge in [-0.15, -0.1) is 0 Å². The molecule has 0 heterocycles. The standard InChI is InChI=1S/C12H16O/c1-9(8-13)12-6-10-4-2-3-5-11(10)7-12/h2-5,9,12-13H,6-8H2,1H3. The van der Waals surface area contributed by atoms with Gasteiger partial charge in [-0.05, 0) is 35.8 Å². The second-order valence-corrected chi connectivity index (χ2v) is 4.10. The first-order chi connectivity index (χ1) is 6.31. The molecular weight excluding hydrogens is 160 g/mol. The van der Waals surface area contributed by atoms with Gasteiger partial charge in [0.2, 0.25) is 0 Å². The average molecular weight is 176 g/mol. The van der Waals surface area contributed by atoms with E-state index in [4.69, 9.17) is 5.11 Å². The maximum atomic E-state index is 9.07. The smallest absolute Gasteiger partial charge is 0.0459 e. The second-order valence-electron chi connectivity index (χ2n) is 4.10.